The molecule has 3 aromatic carbocycles. The highest BCUT2D eigenvalue weighted by atomic mass is 16.5. The van der Waals surface area contributed by atoms with Gasteiger partial charge in [0.05, 0.1) is 16.6 Å². The second kappa shape index (κ2) is 7.55. The van der Waals surface area contributed by atoms with Crippen LogP contribution in [-0.2, 0) is 11.2 Å². The number of aliphatic imine (C=N–C) groups is 1. The van der Waals surface area contributed by atoms with Gasteiger partial charge in [0.25, 0.3) is 0 Å². The summed E-state index contributed by atoms with van der Waals surface area (Å²) in [4.78, 5) is 9.72. The van der Waals surface area contributed by atoms with Crippen molar-refractivity contribution in [1.29, 1.82) is 0 Å². The minimum absolute atomic E-state index is 0.284. The van der Waals surface area contributed by atoms with E-state index in [9.17, 15) is 0 Å². The van der Waals surface area contributed by atoms with Crippen molar-refractivity contribution in [2.45, 2.75) is 25.8 Å². The lowest BCUT2D eigenvalue weighted by molar-refractivity contribution is 0.279. The van der Waals surface area contributed by atoms with Crippen LogP contribution in [0.4, 0.5) is 0 Å². The second-order valence-electron chi connectivity index (χ2n) is 9.01. The number of nitrogens with zero attached hydrogens (tertiary/aromatic N) is 3. The molecule has 5 heteroatoms. The number of benzene rings is 3. The second-order valence-corrected chi connectivity index (χ2v) is 9.01. The molecule has 0 unspecified atom stereocenters. The molecule has 3 heterocycles. The average Bonchev–Trinajstić information content (AvgIpc) is 3.42. The molecule has 1 aliphatic rings. The van der Waals surface area contributed by atoms with Crippen LogP contribution in [0.5, 0.6) is 0 Å². The smallest absolute Gasteiger partial charge is 0.222 e. The Bertz CT molecular complexity index is 1460. The van der Waals surface area contributed by atoms with Crippen molar-refractivity contribution in [1.82, 2.24) is 10.1 Å². The summed E-state index contributed by atoms with van der Waals surface area (Å²) in [7, 11) is 0. The summed E-state index contributed by atoms with van der Waals surface area (Å²) in [5, 5.41) is 6.70. The lowest BCUT2D eigenvalue weighted by Crippen LogP contribution is -2.17. The topological polar surface area (TPSA) is 60.5 Å². The van der Waals surface area contributed by atoms with Crippen LogP contribution >= 0.6 is 0 Å². The van der Waals surface area contributed by atoms with Gasteiger partial charge in [-0.05, 0) is 31.5 Å². The summed E-state index contributed by atoms with van der Waals surface area (Å²) in [6.45, 7) is 4.67. The van der Waals surface area contributed by atoms with Crippen LogP contribution in [0.2, 0.25) is 0 Å². The number of fused-ring (bicyclic) bond motifs is 2. The Labute approximate surface area is 191 Å². The van der Waals surface area contributed by atoms with Crippen molar-refractivity contribution in [2.75, 3.05) is 6.61 Å². The van der Waals surface area contributed by atoms with Gasteiger partial charge in [-0.1, -0.05) is 71.9 Å². The van der Waals surface area contributed by atoms with E-state index in [1.165, 1.54) is 0 Å². The van der Waals surface area contributed by atoms with Gasteiger partial charge in [0.1, 0.15) is 17.9 Å². The molecule has 2 aromatic heterocycles. The van der Waals surface area contributed by atoms with Gasteiger partial charge in [-0.3, -0.25) is 0 Å². The number of ether oxygens (including phenoxy) is 1. The Hall–Kier alpha value is -3.99. The van der Waals surface area contributed by atoms with Gasteiger partial charge >= 0.3 is 0 Å². The minimum Gasteiger partial charge on any atom is -0.475 e. The van der Waals surface area contributed by atoms with Crippen molar-refractivity contribution in [3.63, 3.8) is 0 Å². The number of pyridine rings is 1. The van der Waals surface area contributed by atoms with E-state index in [-0.39, 0.29) is 5.54 Å². The molecular formula is C28H23N3O2. The number of aromatic nitrogens is 2. The van der Waals surface area contributed by atoms with Crippen LogP contribution in [0.3, 0.4) is 0 Å². The normalized spacial score (nSPS) is 15.0. The summed E-state index contributed by atoms with van der Waals surface area (Å²) in [5.41, 5.74) is 5.36. The first-order chi connectivity index (χ1) is 16.1. The maximum Gasteiger partial charge on any atom is 0.222 e. The van der Waals surface area contributed by atoms with E-state index in [1.807, 2.05) is 54.6 Å². The van der Waals surface area contributed by atoms with Crippen LogP contribution in [0.1, 0.15) is 30.7 Å². The van der Waals surface area contributed by atoms with Gasteiger partial charge in [-0.25, -0.2) is 9.98 Å². The predicted octanol–water partition coefficient (Wildman–Crippen LogP) is 6.19. The Balaban J connectivity index is 1.57. The van der Waals surface area contributed by atoms with Crippen LogP contribution in [-0.4, -0.2) is 28.2 Å². The summed E-state index contributed by atoms with van der Waals surface area (Å²) in [6.07, 6.45) is 0.557. The lowest BCUT2D eigenvalue weighted by atomic mass is 9.96. The van der Waals surface area contributed by atoms with Crippen molar-refractivity contribution < 1.29 is 9.26 Å². The fourth-order valence-electron chi connectivity index (χ4n) is 4.45. The van der Waals surface area contributed by atoms with Gasteiger partial charge < -0.3 is 9.26 Å². The van der Waals surface area contributed by atoms with Crippen molar-refractivity contribution in [3.05, 3.63) is 95.7 Å². The molecule has 6 rings (SSSR count). The van der Waals surface area contributed by atoms with Crippen LogP contribution < -0.4 is 0 Å². The summed E-state index contributed by atoms with van der Waals surface area (Å²) < 4.78 is 12.1. The van der Waals surface area contributed by atoms with Crippen LogP contribution in [0.15, 0.2) is 88.4 Å². The van der Waals surface area contributed by atoms with E-state index in [2.05, 4.69) is 43.3 Å². The highest BCUT2D eigenvalue weighted by Crippen LogP contribution is 2.34. The summed E-state index contributed by atoms with van der Waals surface area (Å²) >= 11 is 0. The Kier molecular flexibility index (Phi) is 4.50. The molecule has 0 saturated heterocycles. The largest absolute Gasteiger partial charge is 0.475 e. The third-order valence-electron chi connectivity index (χ3n) is 6.03. The Morgan fingerprint density at radius 3 is 2.09 bits per heavy atom. The van der Waals surface area contributed by atoms with E-state index in [0.717, 1.165) is 50.0 Å². The lowest BCUT2D eigenvalue weighted by Gasteiger charge is -2.11. The maximum atomic E-state index is 6.07. The fraction of sp³-hybridized carbons (Fsp3) is 0.179. The molecule has 0 amide bonds. The SMILES string of the molecule is CC1(C)COC(c2c(-c3ccccc3)noc2Cc2c3ccccc3nc3ccccc23)=N1. The summed E-state index contributed by atoms with van der Waals surface area (Å²) in [6, 6.07) is 26.5. The molecule has 0 N–H and O–H groups in total. The molecule has 0 spiro atoms. The Morgan fingerprint density at radius 1 is 0.818 bits per heavy atom. The van der Waals surface area contributed by atoms with E-state index in [0.29, 0.717) is 18.9 Å². The molecule has 33 heavy (non-hydrogen) atoms. The molecule has 0 saturated carbocycles. The van der Waals surface area contributed by atoms with Crippen molar-refractivity contribution >= 4 is 27.7 Å². The molecule has 162 valence electrons. The van der Waals surface area contributed by atoms with Gasteiger partial charge in [-0.2, -0.15) is 0 Å². The van der Waals surface area contributed by atoms with E-state index < -0.39 is 0 Å². The van der Waals surface area contributed by atoms with Gasteiger partial charge in [0.15, 0.2) is 5.76 Å². The molecule has 0 radical (unpaired) electrons. The van der Waals surface area contributed by atoms with Crippen molar-refractivity contribution in [2.24, 2.45) is 4.99 Å². The first-order valence-electron chi connectivity index (χ1n) is 11.1. The molecule has 0 atom stereocenters. The van der Waals surface area contributed by atoms with Gasteiger partial charge in [-0.15, -0.1) is 0 Å². The molecule has 5 aromatic rings. The van der Waals surface area contributed by atoms with E-state index in [4.69, 9.17) is 19.2 Å². The molecule has 0 fully saturated rings. The van der Waals surface area contributed by atoms with Crippen molar-refractivity contribution in [3.8, 4) is 11.3 Å². The molecule has 1 aliphatic heterocycles. The maximum absolute atomic E-state index is 6.07. The predicted molar refractivity (Wildman–Crippen MR) is 131 cm³/mol. The third-order valence-corrected chi connectivity index (χ3v) is 6.03. The highest BCUT2D eigenvalue weighted by Gasteiger charge is 2.33. The number of rotatable bonds is 4. The standard InChI is InChI=1S/C28H23N3O2/c1-28(2)17-32-27(30-28)25-24(33-31-26(25)18-10-4-3-5-11-18)16-21-19-12-6-8-14-22(19)29-23-15-9-7-13-20(21)23/h3-15H,16-17H2,1-2H3. The molecule has 0 aliphatic carbocycles. The highest BCUT2D eigenvalue weighted by molar-refractivity contribution is 6.03. The monoisotopic (exact) mass is 433 g/mol. The first-order valence-corrected chi connectivity index (χ1v) is 11.1. The zero-order chi connectivity index (χ0) is 22.4. The third kappa shape index (κ3) is 3.46. The molecule has 0 bridgehead atoms. The molecular weight excluding hydrogens is 410 g/mol. The van der Waals surface area contributed by atoms with Gasteiger partial charge in [0, 0.05) is 22.8 Å². The Morgan fingerprint density at radius 2 is 1.45 bits per heavy atom. The summed E-state index contributed by atoms with van der Waals surface area (Å²) in [5.74, 6) is 1.34. The van der Waals surface area contributed by atoms with Gasteiger partial charge in [0.2, 0.25) is 5.90 Å². The number of hydrogen-bond acceptors (Lipinski definition) is 5. The van der Waals surface area contributed by atoms with Crippen LogP contribution in [0.25, 0.3) is 33.1 Å². The number of hydrogen-bond donors (Lipinski definition) is 0. The zero-order valence-corrected chi connectivity index (χ0v) is 18.6. The average molecular weight is 434 g/mol. The quantitative estimate of drug-likeness (QED) is 0.317. The van der Waals surface area contributed by atoms with E-state index in [1.54, 1.807) is 0 Å². The fourth-order valence-corrected chi connectivity index (χ4v) is 4.45. The molecule has 5 nitrogen and oxygen atoms in total. The minimum atomic E-state index is -0.284. The zero-order valence-electron chi connectivity index (χ0n) is 18.6. The van der Waals surface area contributed by atoms with Crippen LogP contribution in [0, 0.1) is 0 Å². The number of para-hydroxylation sites is 2. The first kappa shape index (κ1) is 19.7. The van der Waals surface area contributed by atoms with E-state index >= 15 is 0 Å².